The van der Waals surface area contributed by atoms with E-state index in [2.05, 4.69) is 0 Å². The molecule has 0 fully saturated rings. The van der Waals surface area contributed by atoms with Crippen molar-refractivity contribution < 1.29 is 31.9 Å². The van der Waals surface area contributed by atoms with E-state index in [-0.39, 0.29) is 24.8 Å². The van der Waals surface area contributed by atoms with Crippen molar-refractivity contribution in [3.8, 4) is 11.5 Å². The molecule has 0 unspecified atom stereocenters. The second kappa shape index (κ2) is 6.06. The molecule has 6 rings (SSSR count). The lowest BCUT2D eigenvalue weighted by Crippen LogP contribution is -2.42. The lowest BCUT2D eigenvalue weighted by molar-refractivity contribution is -0.153. The van der Waals surface area contributed by atoms with Crippen LogP contribution in [0.15, 0.2) is 52.9 Å². The highest BCUT2D eigenvalue weighted by molar-refractivity contribution is 6.11. The van der Waals surface area contributed by atoms with Crippen molar-refractivity contribution in [2.75, 3.05) is 18.1 Å². The number of fused-ring (bicyclic) bond motifs is 5. The zero-order valence-electron chi connectivity index (χ0n) is 16.2. The van der Waals surface area contributed by atoms with Crippen LogP contribution in [-0.4, -0.2) is 19.1 Å². The molecule has 158 valence electrons. The normalized spacial score (nSPS) is 21.1. The van der Waals surface area contributed by atoms with E-state index >= 15 is 0 Å². The first-order valence-electron chi connectivity index (χ1n) is 9.88. The Hall–Kier alpha value is -3.42. The molecule has 31 heavy (non-hydrogen) atoms. The Kier molecular flexibility index (Phi) is 3.59. The smallest absolute Gasteiger partial charge is 0.449 e. The largest absolute Gasteiger partial charge is 0.493 e. The van der Waals surface area contributed by atoms with Crippen LogP contribution >= 0.6 is 0 Å². The highest BCUT2D eigenvalue weighted by Gasteiger charge is 2.57. The summed E-state index contributed by atoms with van der Waals surface area (Å²) in [5, 5.41) is 0. The zero-order valence-corrected chi connectivity index (χ0v) is 16.2. The number of hydrogen-bond donors (Lipinski definition) is 0. The zero-order chi connectivity index (χ0) is 21.4. The van der Waals surface area contributed by atoms with Crippen LogP contribution < -0.4 is 14.4 Å². The van der Waals surface area contributed by atoms with Crippen LogP contribution in [0.2, 0.25) is 0 Å². The molecule has 1 atom stereocenters. The first-order valence-corrected chi connectivity index (χ1v) is 9.88. The SMILES string of the molecule is O=C1N(Cc2ccc(C(F)(F)F)o2)c2ccccc2[C@]12COc1cc3c(cc12)CCO3. The van der Waals surface area contributed by atoms with Crippen LogP contribution in [0.4, 0.5) is 18.9 Å². The highest BCUT2D eigenvalue weighted by Crippen LogP contribution is 2.54. The van der Waals surface area contributed by atoms with Gasteiger partial charge in [0, 0.05) is 23.7 Å². The van der Waals surface area contributed by atoms with Gasteiger partial charge in [0.2, 0.25) is 11.7 Å². The number of amides is 1. The van der Waals surface area contributed by atoms with Gasteiger partial charge < -0.3 is 18.8 Å². The van der Waals surface area contributed by atoms with E-state index < -0.39 is 17.4 Å². The fourth-order valence-corrected chi connectivity index (χ4v) is 4.78. The first kappa shape index (κ1) is 18.4. The molecule has 0 aliphatic carbocycles. The number of anilines is 1. The molecule has 8 heteroatoms. The van der Waals surface area contributed by atoms with Gasteiger partial charge >= 0.3 is 6.18 Å². The fraction of sp³-hybridized carbons (Fsp3) is 0.261. The number of nitrogens with zero attached hydrogens (tertiary/aromatic N) is 1. The molecule has 4 heterocycles. The van der Waals surface area contributed by atoms with Gasteiger partial charge in [0.05, 0.1) is 13.2 Å². The Labute approximate surface area is 175 Å². The van der Waals surface area contributed by atoms with Crippen LogP contribution in [0, 0.1) is 0 Å². The minimum absolute atomic E-state index is 0.0639. The second-order valence-electron chi connectivity index (χ2n) is 7.92. The molecule has 0 saturated carbocycles. The van der Waals surface area contributed by atoms with Gasteiger partial charge in [0.15, 0.2) is 0 Å². The number of rotatable bonds is 2. The summed E-state index contributed by atoms with van der Waals surface area (Å²) in [5.74, 6) is 0.109. The number of carbonyl (C=O) groups is 1. The average molecular weight is 427 g/mol. The van der Waals surface area contributed by atoms with Crippen LogP contribution in [0.3, 0.4) is 0 Å². The van der Waals surface area contributed by atoms with Gasteiger partial charge in [-0.05, 0) is 35.4 Å². The molecule has 0 radical (unpaired) electrons. The first-order chi connectivity index (χ1) is 14.9. The summed E-state index contributed by atoms with van der Waals surface area (Å²) in [4.78, 5) is 15.3. The van der Waals surface area contributed by atoms with E-state index in [9.17, 15) is 18.0 Å². The summed E-state index contributed by atoms with van der Waals surface area (Å²) in [6, 6.07) is 13.3. The van der Waals surface area contributed by atoms with Crippen molar-refractivity contribution in [2.45, 2.75) is 24.6 Å². The van der Waals surface area contributed by atoms with Crippen LogP contribution in [0.1, 0.15) is 28.2 Å². The topological polar surface area (TPSA) is 51.9 Å². The summed E-state index contributed by atoms with van der Waals surface area (Å²) in [6.07, 6.45) is -3.82. The van der Waals surface area contributed by atoms with Crippen molar-refractivity contribution in [2.24, 2.45) is 0 Å². The highest BCUT2D eigenvalue weighted by atomic mass is 19.4. The molecule has 3 aliphatic rings. The molecule has 3 aromatic rings. The summed E-state index contributed by atoms with van der Waals surface area (Å²) in [6.45, 7) is 0.614. The van der Waals surface area contributed by atoms with Crippen LogP contribution in [0.25, 0.3) is 0 Å². The van der Waals surface area contributed by atoms with E-state index in [1.165, 1.54) is 11.0 Å². The van der Waals surface area contributed by atoms with Gasteiger partial charge in [0.1, 0.15) is 29.3 Å². The molecule has 1 amide bonds. The molecule has 1 aromatic heterocycles. The Bertz CT molecular complexity index is 1230. The predicted octanol–water partition coefficient (Wildman–Crippen LogP) is 4.46. The van der Waals surface area contributed by atoms with Crippen LogP contribution in [0.5, 0.6) is 11.5 Å². The molecule has 1 spiro atoms. The maximum absolute atomic E-state index is 13.8. The summed E-state index contributed by atoms with van der Waals surface area (Å²) in [7, 11) is 0. The van der Waals surface area contributed by atoms with Crippen molar-refractivity contribution in [1.29, 1.82) is 0 Å². The quantitative estimate of drug-likeness (QED) is 0.606. The number of benzene rings is 2. The van der Waals surface area contributed by atoms with E-state index in [4.69, 9.17) is 13.9 Å². The molecular formula is C23H16F3NO4. The maximum Gasteiger partial charge on any atom is 0.449 e. The molecule has 0 saturated heterocycles. The van der Waals surface area contributed by atoms with Crippen molar-refractivity contribution in [3.63, 3.8) is 0 Å². The maximum atomic E-state index is 13.8. The number of furan rings is 1. The summed E-state index contributed by atoms with van der Waals surface area (Å²) in [5.41, 5.74) is 2.18. The minimum atomic E-state index is -4.58. The molecule has 0 N–H and O–H groups in total. The fourth-order valence-electron chi connectivity index (χ4n) is 4.78. The standard InChI is InChI=1S/C23H16F3NO4/c24-23(25,26)20-6-5-14(31-20)11-27-17-4-2-1-3-15(17)22(21(27)28)12-30-19-10-18-13(7-8-29-18)9-16(19)22/h1-6,9-10H,7-8,11-12H2/t22-/m0/s1. The van der Waals surface area contributed by atoms with Gasteiger partial charge in [-0.25, -0.2) is 0 Å². The molecule has 2 aromatic carbocycles. The molecule has 5 nitrogen and oxygen atoms in total. The van der Waals surface area contributed by atoms with E-state index in [1.807, 2.05) is 24.3 Å². The monoisotopic (exact) mass is 427 g/mol. The third kappa shape index (κ3) is 2.47. The van der Waals surface area contributed by atoms with Gasteiger partial charge in [-0.2, -0.15) is 13.2 Å². The third-order valence-corrected chi connectivity index (χ3v) is 6.22. The van der Waals surface area contributed by atoms with E-state index in [1.54, 1.807) is 12.1 Å². The van der Waals surface area contributed by atoms with Gasteiger partial charge in [-0.3, -0.25) is 4.79 Å². The summed E-state index contributed by atoms with van der Waals surface area (Å²) >= 11 is 0. The number of para-hydroxylation sites is 1. The summed E-state index contributed by atoms with van der Waals surface area (Å²) < 4.78 is 55.4. The van der Waals surface area contributed by atoms with E-state index in [0.717, 1.165) is 34.9 Å². The van der Waals surface area contributed by atoms with Gasteiger partial charge in [-0.1, -0.05) is 18.2 Å². The van der Waals surface area contributed by atoms with E-state index in [0.29, 0.717) is 18.0 Å². The third-order valence-electron chi connectivity index (χ3n) is 6.22. The number of hydrogen-bond acceptors (Lipinski definition) is 4. The van der Waals surface area contributed by atoms with Crippen molar-refractivity contribution in [3.05, 3.63) is 76.7 Å². The number of carbonyl (C=O) groups excluding carboxylic acids is 1. The molecule has 0 bridgehead atoms. The van der Waals surface area contributed by atoms with Gasteiger partial charge in [-0.15, -0.1) is 0 Å². The molecular weight excluding hydrogens is 411 g/mol. The Morgan fingerprint density at radius 1 is 1.00 bits per heavy atom. The minimum Gasteiger partial charge on any atom is -0.493 e. The number of halogens is 3. The Balaban J connectivity index is 1.44. The van der Waals surface area contributed by atoms with Crippen molar-refractivity contribution in [1.82, 2.24) is 0 Å². The predicted molar refractivity (Wildman–Crippen MR) is 103 cm³/mol. The average Bonchev–Trinajstić information content (AvgIpc) is 3.50. The Morgan fingerprint density at radius 3 is 2.65 bits per heavy atom. The lowest BCUT2D eigenvalue weighted by atomic mass is 9.76. The number of ether oxygens (including phenoxy) is 2. The second-order valence-corrected chi connectivity index (χ2v) is 7.92. The van der Waals surface area contributed by atoms with Crippen molar-refractivity contribution >= 4 is 11.6 Å². The number of alkyl halides is 3. The van der Waals surface area contributed by atoms with Crippen LogP contribution in [-0.2, 0) is 29.4 Å². The van der Waals surface area contributed by atoms with Gasteiger partial charge in [0.25, 0.3) is 0 Å². The Morgan fingerprint density at radius 2 is 1.84 bits per heavy atom. The lowest BCUT2D eigenvalue weighted by Gasteiger charge is -2.23. The molecule has 3 aliphatic heterocycles.